The molecule has 0 bridgehead atoms. The van der Waals surface area contributed by atoms with Crippen LogP contribution in [0.1, 0.15) is 15.9 Å². The topological polar surface area (TPSA) is 135 Å². The highest BCUT2D eigenvalue weighted by Gasteiger charge is 2.17. The summed E-state index contributed by atoms with van der Waals surface area (Å²) < 4.78 is 29.6. The highest BCUT2D eigenvalue weighted by Crippen LogP contribution is 2.24. The van der Waals surface area contributed by atoms with Crippen LogP contribution < -0.4 is 10.6 Å². The smallest absolute Gasteiger partial charge is 0.322 e. The van der Waals surface area contributed by atoms with Crippen LogP contribution >= 0.6 is 11.6 Å². The van der Waals surface area contributed by atoms with Crippen LogP contribution in [0.5, 0.6) is 0 Å². The maximum atomic E-state index is 12.4. The fourth-order valence-corrected chi connectivity index (χ4v) is 2.72. The zero-order chi connectivity index (χ0) is 23.0. The molecule has 0 aromatic heterocycles. The van der Waals surface area contributed by atoms with Crippen molar-refractivity contribution in [3.8, 4) is 0 Å². The van der Waals surface area contributed by atoms with E-state index in [1.54, 1.807) is 18.2 Å². The molecule has 5 N–H and O–H groups in total. The van der Waals surface area contributed by atoms with E-state index >= 15 is 0 Å². The van der Waals surface area contributed by atoms with Crippen molar-refractivity contribution in [2.24, 2.45) is 0 Å². The molecule has 164 valence electrons. The Labute approximate surface area is 181 Å². The molecule has 31 heavy (non-hydrogen) atoms. The third kappa shape index (κ3) is 7.03. The minimum atomic E-state index is -2.68. The molecule has 11 heteroatoms. The van der Waals surface area contributed by atoms with Crippen LogP contribution in [0.2, 0.25) is 0 Å². The lowest BCUT2D eigenvalue weighted by Crippen LogP contribution is -2.31. The molecule has 0 radical (unpaired) electrons. The SMILES string of the molecule is N=C1C=C(Cl)C(OCC(F)F)=C/C1=C/NCC(=N)c1ccccc1C(=O)NCC(=O)O. The van der Waals surface area contributed by atoms with Gasteiger partial charge in [-0.2, -0.15) is 0 Å². The number of carboxylic acid groups (broad SMARTS) is 1. The first-order valence-electron chi connectivity index (χ1n) is 8.88. The van der Waals surface area contributed by atoms with Gasteiger partial charge in [0.15, 0.2) is 0 Å². The van der Waals surface area contributed by atoms with Crippen LogP contribution in [-0.4, -0.2) is 54.5 Å². The average molecular weight is 453 g/mol. The number of carbonyl (C=O) groups is 2. The number of alkyl halides is 2. The molecule has 2 rings (SSSR count). The second kappa shape index (κ2) is 11.0. The quantitative estimate of drug-likeness (QED) is 0.348. The Morgan fingerprint density at radius 3 is 2.52 bits per heavy atom. The van der Waals surface area contributed by atoms with E-state index in [2.05, 4.69) is 10.6 Å². The molecule has 0 saturated heterocycles. The van der Waals surface area contributed by atoms with Crippen LogP contribution in [0.25, 0.3) is 0 Å². The number of amides is 1. The predicted molar refractivity (Wildman–Crippen MR) is 111 cm³/mol. The van der Waals surface area contributed by atoms with Crippen LogP contribution in [0.4, 0.5) is 8.78 Å². The number of halogens is 3. The van der Waals surface area contributed by atoms with Crippen LogP contribution in [0.15, 0.2) is 59.0 Å². The largest absolute Gasteiger partial charge is 0.486 e. The fourth-order valence-electron chi connectivity index (χ4n) is 2.51. The second-order valence-electron chi connectivity index (χ2n) is 6.20. The molecule has 0 heterocycles. The fraction of sp³-hybridized carbons (Fsp3) is 0.200. The molecule has 0 fully saturated rings. The zero-order valence-corrected chi connectivity index (χ0v) is 16.8. The number of carbonyl (C=O) groups excluding carboxylic acids is 1. The molecular formula is C20H19ClF2N4O4. The van der Waals surface area contributed by atoms with Gasteiger partial charge in [-0.3, -0.25) is 9.59 Å². The lowest BCUT2D eigenvalue weighted by Gasteiger charge is -2.16. The predicted octanol–water partition coefficient (Wildman–Crippen LogP) is 2.66. The molecule has 0 unspecified atom stereocenters. The monoisotopic (exact) mass is 452 g/mol. The Morgan fingerprint density at radius 2 is 1.87 bits per heavy atom. The summed E-state index contributed by atoms with van der Waals surface area (Å²) in [6, 6.07) is 6.25. The van der Waals surface area contributed by atoms with Crippen molar-refractivity contribution in [3.05, 3.63) is 70.1 Å². The highest BCUT2D eigenvalue weighted by molar-refractivity contribution is 6.35. The molecule has 0 atom stereocenters. The molecule has 0 saturated carbocycles. The number of nitrogens with one attached hydrogen (secondary N) is 4. The van der Waals surface area contributed by atoms with Gasteiger partial charge >= 0.3 is 5.97 Å². The summed E-state index contributed by atoms with van der Waals surface area (Å²) in [6.07, 6.45) is 1.31. The molecule has 1 aliphatic carbocycles. The second-order valence-corrected chi connectivity index (χ2v) is 6.60. The van der Waals surface area contributed by atoms with Gasteiger partial charge in [0.05, 0.1) is 23.0 Å². The van der Waals surface area contributed by atoms with Crippen molar-refractivity contribution >= 4 is 34.9 Å². The van der Waals surface area contributed by atoms with Crippen LogP contribution in [0, 0.1) is 10.8 Å². The molecule has 1 aliphatic rings. The number of ether oxygens (including phenoxy) is 1. The summed E-state index contributed by atoms with van der Waals surface area (Å²) in [5.41, 5.74) is 0.795. The lowest BCUT2D eigenvalue weighted by molar-refractivity contribution is -0.135. The molecule has 1 aromatic carbocycles. The number of allylic oxidation sites excluding steroid dienone is 4. The third-order valence-corrected chi connectivity index (χ3v) is 4.20. The van der Waals surface area contributed by atoms with E-state index in [0.717, 1.165) is 0 Å². The van der Waals surface area contributed by atoms with Crippen molar-refractivity contribution in [2.45, 2.75) is 6.43 Å². The minimum absolute atomic E-state index is 0.00143. The van der Waals surface area contributed by atoms with E-state index in [1.165, 1.54) is 24.4 Å². The maximum absolute atomic E-state index is 12.4. The Hall–Kier alpha value is -3.53. The number of benzene rings is 1. The minimum Gasteiger partial charge on any atom is -0.486 e. The van der Waals surface area contributed by atoms with Crippen molar-refractivity contribution in [1.29, 1.82) is 10.8 Å². The summed E-state index contributed by atoms with van der Waals surface area (Å²) in [5, 5.41) is 30.0. The first-order chi connectivity index (χ1) is 14.7. The van der Waals surface area contributed by atoms with Crippen LogP contribution in [0.3, 0.4) is 0 Å². The summed E-state index contributed by atoms with van der Waals surface area (Å²) in [7, 11) is 0. The maximum Gasteiger partial charge on any atom is 0.322 e. The van der Waals surface area contributed by atoms with Gasteiger partial charge in [-0.25, -0.2) is 8.78 Å². The van der Waals surface area contributed by atoms with Gasteiger partial charge in [-0.05, 0) is 18.2 Å². The highest BCUT2D eigenvalue weighted by atomic mass is 35.5. The molecule has 1 amide bonds. The molecular weight excluding hydrogens is 434 g/mol. The van der Waals surface area contributed by atoms with E-state index in [-0.39, 0.29) is 34.3 Å². The summed E-state index contributed by atoms with van der Waals surface area (Å²) in [4.78, 5) is 22.8. The Morgan fingerprint density at radius 1 is 1.19 bits per heavy atom. The van der Waals surface area contributed by atoms with Crippen molar-refractivity contribution < 1.29 is 28.2 Å². The van der Waals surface area contributed by atoms with E-state index in [0.29, 0.717) is 11.1 Å². The average Bonchev–Trinajstić information content (AvgIpc) is 2.72. The first kappa shape index (κ1) is 23.7. The number of rotatable bonds is 10. The summed E-state index contributed by atoms with van der Waals surface area (Å²) >= 11 is 5.91. The van der Waals surface area contributed by atoms with Gasteiger partial charge in [0, 0.05) is 22.9 Å². The van der Waals surface area contributed by atoms with Gasteiger partial charge in [-0.15, -0.1) is 0 Å². The summed E-state index contributed by atoms with van der Waals surface area (Å²) in [6.45, 7) is -1.42. The normalized spacial score (nSPS) is 14.7. The standard InChI is InChI=1S/C20H19ClF2N4O4/c21-14-6-15(24)11(5-17(14)31-10-18(22)23)7-26-8-16(25)12-3-1-2-4-13(12)20(30)27-9-19(28)29/h1-7,18,24-26H,8-10H2,(H,27,30)(H,28,29)/b11-7-,24-15?,25-16?. The van der Waals surface area contributed by atoms with E-state index < -0.39 is 31.5 Å². The third-order valence-electron chi connectivity index (χ3n) is 3.90. The lowest BCUT2D eigenvalue weighted by atomic mass is 10.0. The molecule has 8 nitrogen and oxygen atoms in total. The van der Waals surface area contributed by atoms with Crippen molar-refractivity contribution in [1.82, 2.24) is 10.6 Å². The Kier molecular flexibility index (Phi) is 8.44. The van der Waals surface area contributed by atoms with Gasteiger partial charge in [0.2, 0.25) is 0 Å². The van der Waals surface area contributed by atoms with E-state index in [9.17, 15) is 18.4 Å². The van der Waals surface area contributed by atoms with E-state index in [1.807, 2.05) is 0 Å². The summed E-state index contributed by atoms with van der Waals surface area (Å²) in [5.74, 6) is -1.82. The molecule has 0 spiro atoms. The van der Waals surface area contributed by atoms with Crippen LogP contribution in [-0.2, 0) is 9.53 Å². The Balaban J connectivity index is 2.07. The zero-order valence-electron chi connectivity index (χ0n) is 16.0. The first-order valence-corrected chi connectivity index (χ1v) is 9.26. The van der Waals surface area contributed by atoms with Gasteiger partial charge in [0.1, 0.15) is 18.9 Å². The van der Waals surface area contributed by atoms with Gasteiger partial charge in [0.25, 0.3) is 12.3 Å². The number of hydrogen-bond donors (Lipinski definition) is 5. The van der Waals surface area contributed by atoms with Crippen molar-refractivity contribution in [2.75, 3.05) is 19.7 Å². The van der Waals surface area contributed by atoms with Gasteiger partial charge < -0.3 is 31.3 Å². The number of carboxylic acids is 1. The Bertz CT molecular complexity index is 989. The van der Waals surface area contributed by atoms with Gasteiger partial charge in [-0.1, -0.05) is 29.8 Å². The molecule has 1 aromatic rings. The van der Waals surface area contributed by atoms with Crippen molar-refractivity contribution in [3.63, 3.8) is 0 Å². The number of hydrogen-bond acceptors (Lipinski definition) is 6. The molecule has 0 aliphatic heterocycles. The van der Waals surface area contributed by atoms with E-state index in [4.69, 9.17) is 32.3 Å². The number of aliphatic carboxylic acids is 1.